The minimum atomic E-state index is -2.49. The fraction of sp³-hybridized carbons (Fsp3) is 0.158. The van der Waals surface area contributed by atoms with Crippen molar-refractivity contribution in [3.05, 3.63) is 83.9 Å². The van der Waals surface area contributed by atoms with Crippen molar-refractivity contribution in [3.8, 4) is 0 Å². The van der Waals surface area contributed by atoms with E-state index in [9.17, 15) is 14.7 Å². The first kappa shape index (κ1) is 16.0. The van der Waals surface area contributed by atoms with E-state index in [2.05, 4.69) is 0 Å². The first-order valence-corrected chi connectivity index (χ1v) is 7.43. The molecule has 24 heavy (non-hydrogen) atoms. The lowest BCUT2D eigenvalue weighted by molar-refractivity contribution is -0.345. The van der Waals surface area contributed by atoms with Crippen molar-refractivity contribution in [2.45, 2.75) is 18.3 Å². The lowest BCUT2D eigenvalue weighted by Gasteiger charge is -2.41. The summed E-state index contributed by atoms with van der Waals surface area (Å²) in [6.45, 7) is 1.66. The van der Waals surface area contributed by atoms with E-state index in [1.165, 1.54) is 0 Å². The van der Waals surface area contributed by atoms with Gasteiger partial charge in [-0.05, 0) is 18.1 Å². The van der Waals surface area contributed by atoms with Gasteiger partial charge >= 0.3 is 17.9 Å². The van der Waals surface area contributed by atoms with Gasteiger partial charge in [0, 0.05) is 12.2 Å². The van der Waals surface area contributed by atoms with Gasteiger partial charge in [-0.2, -0.15) is 0 Å². The minimum Gasteiger partial charge on any atom is -0.394 e. The Bertz CT molecular complexity index is 720. The lowest BCUT2D eigenvalue weighted by atomic mass is 9.73. The van der Waals surface area contributed by atoms with E-state index in [0.717, 1.165) is 12.2 Å². The van der Waals surface area contributed by atoms with Crippen LogP contribution >= 0.6 is 0 Å². The molecule has 0 atom stereocenters. The fourth-order valence-electron chi connectivity index (χ4n) is 2.78. The standard InChI is InChI=1S/C19H16O5/c1-18(14-8-4-2-5-9-14,15-10-6-3-7-11-15)19(22)23-16(20)12-13-17(21)24-19/h2-13,22H,1H3. The molecule has 0 spiro atoms. The zero-order valence-electron chi connectivity index (χ0n) is 13.0. The molecule has 0 saturated heterocycles. The zero-order chi connectivity index (χ0) is 17.2. The molecule has 0 saturated carbocycles. The summed E-state index contributed by atoms with van der Waals surface area (Å²) in [5.74, 6) is -4.21. The average molecular weight is 324 g/mol. The Hall–Kier alpha value is -2.92. The highest BCUT2D eigenvalue weighted by Gasteiger charge is 2.57. The number of hydrogen-bond acceptors (Lipinski definition) is 5. The normalized spacial score (nSPS) is 16.9. The Morgan fingerprint density at radius 3 is 1.54 bits per heavy atom. The van der Waals surface area contributed by atoms with Crippen LogP contribution in [0.25, 0.3) is 0 Å². The van der Waals surface area contributed by atoms with E-state index in [0.29, 0.717) is 11.1 Å². The SMILES string of the molecule is CC(c1ccccc1)(c1ccccc1)C1(O)OC(=O)C=CC(=O)O1. The van der Waals surface area contributed by atoms with Crippen molar-refractivity contribution >= 4 is 11.9 Å². The van der Waals surface area contributed by atoms with E-state index in [-0.39, 0.29) is 0 Å². The van der Waals surface area contributed by atoms with Crippen molar-refractivity contribution in [3.63, 3.8) is 0 Å². The second kappa shape index (κ2) is 5.94. The number of ether oxygens (including phenoxy) is 2. The number of carbonyl (C=O) groups is 2. The van der Waals surface area contributed by atoms with Crippen LogP contribution < -0.4 is 0 Å². The maximum atomic E-state index is 11.9. The largest absolute Gasteiger partial charge is 0.394 e. The highest BCUT2D eigenvalue weighted by Crippen LogP contribution is 2.43. The number of benzene rings is 2. The van der Waals surface area contributed by atoms with Gasteiger partial charge in [0.2, 0.25) is 0 Å². The first-order chi connectivity index (χ1) is 11.5. The molecule has 0 bridgehead atoms. The lowest BCUT2D eigenvalue weighted by Crippen LogP contribution is -2.55. The van der Waals surface area contributed by atoms with Gasteiger partial charge in [0.1, 0.15) is 5.41 Å². The Morgan fingerprint density at radius 2 is 1.17 bits per heavy atom. The van der Waals surface area contributed by atoms with Gasteiger partial charge in [-0.25, -0.2) is 9.59 Å². The Balaban J connectivity index is 2.22. The molecule has 0 amide bonds. The molecule has 2 aromatic rings. The topological polar surface area (TPSA) is 72.8 Å². The van der Waals surface area contributed by atoms with E-state index >= 15 is 0 Å². The first-order valence-electron chi connectivity index (χ1n) is 7.43. The third-order valence-corrected chi connectivity index (χ3v) is 4.17. The summed E-state index contributed by atoms with van der Waals surface area (Å²) in [6.07, 6.45) is 1.85. The third kappa shape index (κ3) is 2.59. The maximum Gasteiger partial charge on any atom is 0.388 e. The molecule has 5 nitrogen and oxygen atoms in total. The van der Waals surface area contributed by atoms with Crippen molar-refractivity contribution < 1.29 is 24.2 Å². The molecule has 0 unspecified atom stereocenters. The number of cyclic esters (lactones) is 2. The van der Waals surface area contributed by atoms with Gasteiger partial charge in [0.15, 0.2) is 0 Å². The predicted molar refractivity (Wildman–Crippen MR) is 85.6 cm³/mol. The van der Waals surface area contributed by atoms with Crippen LogP contribution in [-0.4, -0.2) is 23.0 Å². The Kier molecular flexibility index (Phi) is 3.95. The zero-order valence-corrected chi connectivity index (χ0v) is 13.0. The Labute approximate surface area is 139 Å². The minimum absolute atomic E-state index is 0.626. The van der Waals surface area contributed by atoms with Gasteiger partial charge in [-0.3, -0.25) is 0 Å². The second-order valence-corrected chi connectivity index (χ2v) is 5.61. The highest BCUT2D eigenvalue weighted by molar-refractivity contribution is 5.93. The maximum absolute atomic E-state index is 11.9. The predicted octanol–water partition coefficient (Wildman–Crippen LogP) is 2.29. The van der Waals surface area contributed by atoms with Gasteiger partial charge in [-0.15, -0.1) is 0 Å². The molecule has 0 radical (unpaired) electrons. The van der Waals surface area contributed by atoms with E-state index in [1.807, 2.05) is 12.1 Å². The molecule has 1 N–H and O–H groups in total. The van der Waals surface area contributed by atoms with E-state index < -0.39 is 23.3 Å². The van der Waals surface area contributed by atoms with Crippen LogP contribution in [-0.2, 0) is 24.5 Å². The molecule has 2 aromatic carbocycles. The van der Waals surface area contributed by atoms with Gasteiger partial charge in [0.05, 0.1) is 0 Å². The van der Waals surface area contributed by atoms with Gasteiger partial charge < -0.3 is 14.6 Å². The quantitative estimate of drug-likeness (QED) is 0.877. The van der Waals surface area contributed by atoms with Crippen LogP contribution in [0.5, 0.6) is 0 Å². The van der Waals surface area contributed by atoms with Gasteiger partial charge in [0.25, 0.3) is 0 Å². The van der Waals surface area contributed by atoms with Crippen molar-refractivity contribution in [2.75, 3.05) is 0 Å². The molecule has 0 aliphatic carbocycles. The molecule has 1 aliphatic rings. The van der Waals surface area contributed by atoms with E-state index in [4.69, 9.17) is 9.47 Å². The summed E-state index contributed by atoms with van der Waals surface area (Å²) in [5, 5.41) is 11.1. The molecular weight excluding hydrogens is 308 g/mol. The molecule has 1 heterocycles. The van der Waals surface area contributed by atoms with Crippen LogP contribution in [0.3, 0.4) is 0 Å². The highest BCUT2D eigenvalue weighted by atomic mass is 16.8. The Morgan fingerprint density at radius 1 is 0.792 bits per heavy atom. The smallest absolute Gasteiger partial charge is 0.388 e. The molecule has 0 aromatic heterocycles. The number of aliphatic hydroxyl groups is 1. The second-order valence-electron chi connectivity index (χ2n) is 5.61. The van der Waals surface area contributed by atoms with Crippen molar-refractivity contribution in [1.29, 1.82) is 0 Å². The van der Waals surface area contributed by atoms with Crippen molar-refractivity contribution in [2.24, 2.45) is 0 Å². The van der Waals surface area contributed by atoms with Crippen LogP contribution in [0.15, 0.2) is 72.8 Å². The summed E-state index contributed by atoms with van der Waals surface area (Å²) < 4.78 is 10.3. The summed E-state index contributed by atoms with van der Waals surface area (Å²) in [7, 11) is 0. The molecular formula is C19H16O5. The number of esters is 2. The molecule has 3 rings (SSSR count). The van der Waals surface area contributed by atoms with Crippen LogP contribution in [0.4, 0.5) is 0 Å². The van der Waals surface area contributed by atoms with E-state index in [1.54, 1.807) is 55.5 Å². The summed E-state index contributed by atoms with van der Waals surface area (Å²) in [5.41, 5.74) is -0.0743. The molecule has 122 valence electrons. The molecule has 1 aliphatic heterocycles. The number of hydrogen-bond donors (Lipinski definition) is 1. The number of rotatable bonds is 3. The summed E-state index contributed by atoms with van der Waals surface area (Å²) in [4.78, 5) is 23.7. The third-order valence-electron chi connectivity index (χ3n) is 4.17. The van der Waals surface area contributed by atoms with Crippen LogP contribution in [0, 0.1) is 0 Å². The van der Waals surface area contributed by atoms with Crippen molar-refractivity contribution in [1.82, 2.24) is 0 Å². The van der Waals surface area contributed by atoms with Gasteiger partial charge in [-0.1, -0.05) is 60.7 Å². The monoisotopic (exact) mass is 324 g/mol. The fourth-order valence-corrected chi connectivity index (χ4v) is 2.78. The molecule has 0 fully saturated rings. The molecule has 5 heteroatoms. The van der Waals surface area contributed by atoms with Crippen LogP contribution in [0.2, 0.25) is 0 Å². The average Bonchev–Trinajstić information content (AvgIpc) is 2.73. The summed E-state index contributed by atoms with van der Waals surface area (Å²) in [6, 6.07) is 17.9. The van der Waals surface area contributed by atoms with Crippen LogP contribution in [0.1, 0.15) is 18.1 Å². The summed E-state index contributed by atoms with van der Waals surface area (Å²) >= 11 is 0. The number of carbonyl (C=O) groups excluding carboxylic acids is 2.